The Kier molecular flexibility index (Phi) is 2.99. The summed E-state index contributed by atoms with van der Waals surface area (Å²) in [6.45, 7) is 2.97. The smallest absolute Gasteiger partial charge is 0.326 e. The number of aliphatic hydroxyl groups is 1. The van der Waals surface area contributed by atoms with Crippen LogP contribution in [0.5, 0.6) is 0 Å². The third-order valence-corrected chi connectivity index (χ3v) is 3.51. The van der Waals surface area contributed by atoms with Crippen LogP contribution in [0.15, 0.2) is 0 Å². The zero-order valence-electron chi connectivity index (χ0n) is 9.93. The molecule has 2 aliphatic heterocycles. The van der Waals surface area contributed by atoms with Crippen LogP contribution in [0.3, 0.4) is 0 Å². The summed E-state index contributed by atoms with van der Waals surface area (Å²) in [6, 6.07) is -0.958. The van der Waals surface area contributed by atoms with Gasteiger partial charge in [-0.15, -0.1) is 0 Å². The molecule has 2 fully saturated rings. The van der Waals surface area contributed by atoms with Crippen LogP contribution in [0.4, 0.5) is 4.79 Å². The molecule has 0 saturated carbocycles. The first-order valence-electron chi connectivity index (χ1n) is 5.91. The summed E-state index contributed by atoms with van der Waals surface area (Å²) in [6.07, 6.45) is 1.79. The summed E-state index contributed by atoms with van der Waals surface area (Å²) in [5.41, 5.74) is -0.839. The molecule has 0 bridgehead atoms. The third kappa shape index (κ3) is 2.36. The largest absolute Gasteiger partial charge is 0.480 e. The van der Waals surface area contributed by atoms with Crippen molar-refractivity contribution in [1.29, 1.82) is 0 Å². The zero-order valence-corrected chi connectivity index (χ0v) is 9.93. The summed E-state index contributed by atoms with van der Waals surface area (Å²) in [5, 5.41) is 18.8. The summed E-state index contributed by atoms with van der Waals surface area (Å²) >= 11 is 0. The van der Waals surface area contributed by atoms with E-state index in [2.05, 4.69) is 0 Å². The van der Waals surface area contributed by atoms with Crippen LogP contribution < -0.4 is 0 Å². The van der Waals surface area contributed by atoms with E-state index in [9.17, 15) is 14.7 Å². The molecule has 2 rings (SSSR count). The number of amides is 2. The Morgan fingerprint density at radius 2 is 2.06 bits per heavy atom. The predicted molar refractivity (Wildman–Crippen MR) is 59.6 cm³/mol. The van der Waals surface area contributed by atoms with Crippen molar-refractivity contribution in [3.8, 4) is 0 Å². The van der Waals surface area contributed by atoms with Gasteiger partial charge in [-0.2, -0.15) is 0 Å². The van der Waals surface area contributed by atoms with Gasteiger partial charge in [0.25, 0.3) is 0 Å². The highest BCUT2D eigenvalue weighted by atomic mass is 16.4. The number of carboxylic acids is 1. The topological polar surface area (TPSA) is 81.1 Å². The molecule has 2 aliphatic rings. The third-order valence-electron chi connectivity index (χ3n) is 3.51. The maximum Gasteiger partial charge on any atom is 0.326 e. The van der Waals surface area contributed by atoms with Crippen LogP contribution in [0.2, 0.25) is 0 Å². The van der Waals surface area contributed by atoms with Gasteiger partial charge in [-0.3, -0.25) is 0 Å². The molecule has 0 aliphatic carbocycles. The molecule has 0 radical (unpaired) electrons. The Labute approximate surface area is 99.8 Å². The van der Waals surface area contributed by atoms with Gasteiger partial charge in [0.05, 0.1) is 12.1 Å². The van der Waals surface area contributed by atoms with E-state index < -0.39 is 17.6 Å². The van der Waals surface area contributed by atoms with E-state index >= 15 is 0 Å². The fourth-order valence-electron chi connectivity index (χ4n) is 2.54. The number of carboxylic acid groups (broad SMARTS) is 1. The van der Waals surface area contributed by atoms with E-state index in [1.165, 1.54) is 4.90 Å². The molecule has 6 nitrogen and oxygen atoms in total. The van der Waals surface area contributed by atoms with E-state index in [4.69, 9.17) is 5.11 Å². The number of rotatable bonds is 1. The second-order valence-corrected chi connectivity index (χ2v) is 5.14. The number of β-amino-alcohol motifs (C(OH)–C–C–N with tert-alkyl or cyclic N) is 1. The van der Waals surface area contributed by atoms with Crippen LogP contribution >= 0.6 is 0 Å². The van der Waals surface area contributed by atoms with Gasteiger partial charge in [0, 0.05) is 13.1 Å². The molecule has 96 valence electrons. The van der Waals surface area contributed by atoms with Crippen molar-refractivity contribution in [2.75, 3.05) is 19.6 Å². The molecule has 0 aromatic heterocycles. The summed E-state index contributed by atoms with van der Waals surface area (Å²) in [4.78, 5) is 26.1. The summed E-state index contributed by atoms with van der Waals surface area (Å²) in [5.74, 6) is -0.943. The van der Waals surface area contributed by atoms with Crippen molar-refractivity contribution in [3.63, 3.8) is 0 Å². The molecule has 2 N–H and O–H groups in total. The monoisotopic (exact) mass is 242 g/mol. The Hall–Kier alpha value is -1.30. The van der Waals surface area contributed by atoms with E-state index in [1.54, 1.807) is 11.8 Å². The lowest BCUT2D eigenvalue weighted by Crippen LogP contribution is -2.48. The van der Waals surface area contributed by atoms with Gasteiger partial charge >= 0.3 is 12.0 Å². The quantitative estimate of drug-likeness (QED) is 0.684. The van der Waals surface area contributed by atoms with E-state index in [1.807, 2.05) is 0 Å². The standard InChI is InChI=1S/C11H18N2O4/c1-11(17)4-6-12(7-11)10(16)13-5-2-3-8(13)9(14)15/h8,17H,2-7H2,1H3,(H,14,15). The Morgan fingerprint density at radius 1 is 1.35 bits per heavy atom. The predicted octanol–water partition coefficient (Wildman–Crippen LogP) is 0.112. The molecular weight excluding hydrogens is 224 g/mol. The maximum absolute atomic E-state index is 12.1. The van der Waals surface area contributed by atoms with Gasteiger partial charge < -0.3 is 20.0 Å². The average Bonchev–Trinajstić information content (AvgIpc) is 2.82. The van der Waals surface area contributed by atoms with Gasteiger partial charge in [-0.1, -0.05) is 0 Å². The Morgan fingerprint density at radius 3 is 2.59 bits per heavy atom. The van der Waals surface area contributed by atoms with Crippen molar-refractivity contribution < 1.29 is 19.8 Å². The fraction of sp³-hybridized carbons (Fsp3) is 0.818. The van der Waals surface area contributed by atoms with Crippen molar-refractivity contribution >= 4 is 12.0 Å². The number of aliphatic carboxylic acids is 1. The number of likely N-dealkylation sites (tertiary alicyclic amines) is 2. The SMILES string of the molecule is CC1(O)CCN(C(=O)N2CCCC2C(=O)O)C1. The average molecular weight is 242 g/mol. The van der Waals surface area contributed by atoms with Crippen molar-refractivity contribution in [3.05, 3.63) is 0 Å². The molecule has 0 aromatic carbocycles. The van der Waals surface area contributed by atoms with Crippen LogP contribution in [0, 0.1) is 0 Å². The van der Waals surface area contributed by atoms with Crippen molar-refractivity contribution in [2.24, 2.45) is 0 Å². The number of carbonyl (C=O) groups excluding carboxylic acids is 1. The molecule has 2 unspecified atom stereocenters. The Balaban J connectivity index is 2.03. The molecule has 0 spiro atoms. The van der Waals surface area contributed by atoms with E-state index in [-0.39, 0.29) is 12.6 Å². The Bertz CT molecular complexity index is 342. The second-order valence-electron chi connectivity index (χ2n) is 5.14. The minimum atomic E-state index is -0.943. The number of carbonyl (C=O) groups is 2. The van der Waals surface area contributed by atoms with E-state index in [0.717, 1.165) is 6.42 Å². The molecule has 2 heterocycles. The number of urea groups is 1. The molecule has 17 heavy (non-hydrogen) atoms. The van der Waals surface area contributed by atoms with Crippen LogP contribution in [0.25, 0.3) is 0 Å². The lowest BCUT2D eigenvalue weighted by atomic mass is 10.1. The van der Waals surface area contributed by atoms with Crippen LogP contribution in [-0.4, -0.2) is 63.3 Å². The summed E-state index contributed by atoms with van der Waals surface area (Å²) in [7, 11) is 0. The molecule has 2 atom stereocenters. The number of hydrogen-bond donors (Lipinski definition) is 2. The maximum atomic E-state index is 12.1. The highest BCUT2D eigenvalue weighted by Crippen LogP contribution is 2.25. The van der Waals surface area contributed by atoms with Crippen molar-refractivity contribution in [2.45, 2.75) is 37.8 Å². The summed E-state index contributed by atoms with van der Waals surface area (Å²) < 4.78 is 0. The molecule has 2 saturated heterocycles. The fourth-order valence-corrected chi connectivity index (χ4v) is 2.54. The lowest BCUT2D eigenvalue weighted by molar-refractivity contribution is -0.141. The van der Waals surface area contributed by atoms with Gasteiger partial charge in [-0.25, -0.2) is 9.59 Å². The van der Waals surface area contributed by atoms with Gasteiger partial charge in [0.15, 0.2) is 0 Å². The van der Waals surface area contributed by atoms with Gasteiger partial charge in [0.1, 0.15) is 6.04 Å². The number of hydrogen-bond acceptors (Lipinski definition) is 3. The van der Waals surface area contributed by atoms with Gasteiger partial charge in [0.2, 0.25) is 0 Å². The van der Waals surface area contributed by atoms with Crippen LogP contribution in [0.1, 0.15) is 26.2 Å². The minimum absolute atomic E-state index is 0.257. The normalized spacial score (nSPS) is 33.2. The lowest BCUT2D eigenvalue weighted by Gasteiger charge is -2.28. The highest BCUT2D eigenvalue weighted by Gasteiger charge is 2.40. The second kappa shape index (κ2) is 4.18. The first-order valence-corrected chi connectivity index (χ1v) is 5.91. The first kappa shape index (κ1) is 12.2. The molecule has 6 heteroatoms. The minimum Gasteiger partial charge on any atom is -0.480 e. The van der Waals surface area contributed by atoms with Crippen molar-refractivity contribution in [1.82, 2.24) is 9.80 Å². The van der Waals surface area contributed by atoms with E-state index in [0.29, 0.717) is 25.9 Å². The zero-order chi connectivity index (χ0) is 12.6. The van der Waals surface area contributed by atoms with Crippen LogP contribution in [-0.2, 0) is 4.79 Å². The first-order chi connectivity index (χ1) is 7.91. The molecule has 2 amide bonds. The highest BCUT2D eigenvalue weighted by molar-refractivity contribution is 5.83. The number of nitrogens with zero attached hydrogens (tertiary/aromatic N) is 2. The van der Waals surface area contributed by atoms with Gasteiger partial charge in [-0.05, 0) is 26.2 Å². The molecular formula is C11H18N2O4. The molecule has 0 aromatic rings.